The molecule has 0 amide bonds. The summed E-state index contributed by atoms with van der Waals surface area (Å²) in [5.74, 6) is 2.52. The average molecular weight is 547 g/mol. The van der Waals surface area contributed by atoms with Crippen LogP contribution in [0.5, 0.6) is 0 Å². The van der Waals surface area contributed by atoms with Crippen LogP contribution < -0.4 is 10.6 Å². The fourth-order valence-corrected chi connectivity index (χ4v) is 4.68. The summed E-state index contributed by atoms with van der Waals surface area (Å²) in [6.45, 7) is 13.2. The Morgan fingerprint density at radius 3 is 2.26 bits per heavy atom. The van der Waals surface area contributed by atoms with Crippen LogP contribution in [0.3, 0.4) is 0 Å². The van der Waals surface area contributed by atoms with Gasteiger partial charge >= 0.3 is 0 Å². The van der Waals surface area contributed by atoms with Crippen LogP contribution in [-0.2, 0) is 0 Å². The number of nitrogens with one attached hydrogen (secondary N) is 2. The maximum Gasteiger partial charge on any atom is 0.191 e. The number of furan rings is 1. The minimum Gasteiger partial charge on any atom is -0.468 e. The zero-order valence-corrected chi connectivity index (χ0v) is 22.2. The fourth-order valence-electron chi connectivity index (χ4n) is 4.68. The molecule has 31 heavy (non-hydrogen) atoms. The monoisotopic (exact) mass is 546 g/mol. The molecule has 0 aromatic carbocycles. The van der Waals surface area contributed by atoms with Gasteiger partial charge < -0.3 is 20.0 Å². The number of hydrogen-bond donors (Lipinski definition) is 2. The third kappa shape index (κ3) is 7.91. The Bertz CT molecular complexity index is 624. The molecule has 2 atom stereocenters. The van der Waals surface area contributed by atoms with Crippen molar-refractivity contribution in [2.45, 2.75) is 45.2 Å². The van der Waals surface area contributed by atoms with Crippen molar-refractivity contribution in [2.24, 2.45) is 10.9 Å². The molecule has 3 heterocycles. The highest BCUT2D eigenvalue weighted by Gasteiger charge is 2.26. The molecule has 178 valence electrons. The lowest BCUT2D eigenvalue weighted by atomic mass is 10.0. The first-order valence-electron chi connectivity index (χ1n) is 11.7. The predicted molar refractivity (Wildman–Crippen MR) is 139 cm³/mol. The molecule has 2 aliphatic rings. The van der Waals surface area contributed by atoms with Gasteiger partial charge in [-0.25, -0.2) is 0 Å². The van der Waals surface area contributed by atoms with Gasteiger partial charge in [-0.2, -0.15) is 0 Å². The van der Waals surface area contributed by atoms with E-state index in [4.69, 9.17) is 4.42 Å². The maximum atomic E-state index is 5.78. The number of aliphatic imine (C=N–C) groups is 1. The lowest BCUT2D eigenvalue weighted by Crippen LogP contribution is -2.55. The molecule has 1 aromatic heterocycles. The summed E-state index contributed by atoms with van der Waals surface area (Å²) in [5, 5.41) is 7.17. The van der Waals surface area contributed by atoms with Crippen LogP contribution >= 0.6 is 24.0 Å². The van der Waals surface area contributed by atoms with Crippen LogP contribution in [-0.4, -0.2) is 93.2 Å². The molecule has 3 rings (SSSR count). The first kappa shape index (κ1) is 26.4. The van der Waals surface area contributed by atoms with Crippen LogP contribution in [0.25, 0.3) is 0 Å². The Kier molecular flexibility index (Phi) is 11.6. The van der Waals surface area contributed by atoms with Gasteiger partial charge in [0.1, 0.15) is 5.76 Å². The summed E-state index contributed by atoms with van der Waals surface area (Å²) >= 11 is 0. The van der Waals surface area contributed by atoms with Crippen LogP contribution in [0.1, 0.15) is 44.9 Å². The smallest absolute Gasteiger partial charge is 0.191 e. The quantitative estimate of drug-likeness (QED) is 0.297. The minimum absolute atomic E-state index is 0. The number of halogens is 1. The van der Waals surface area contributed by atoms with Gasteiger partial charge in [0, 0.05) is 52.4 Å². The van der Waals surface area contributed by atoms with E-state index in [-0.39, 0.29) is 30.0 Å². The molecule has 2 unspecified atom stereocenters. The lowest BCUT2D eigenvalue weighted by Gasteiger charge is -2.40. The molecule has 1 aromatic rings. The zero-order valence-electron chi connectivity index (χ0n) is 19.8. The van der Waals surface area contributed by atoms with Crippen LogP contribution in [0.4, 0.5) is 0 Å². The Hall–Kier alpha value is -0.840. The van der Waals surface area contributed by atoms with Crippen molar-refractivity contribution in [3.8, 4) is 0 Å². The van der Waals surface area contributed by atoms with Crippen LogP contribution in [0.15, 0.2) is 27.8 Å². The number of guanidine groups is 1. The summed E-state index contributed by atoms with van der Waals surface area (Å²) in [5.41, 5.74) is 0. The van der Waals surface area contributed by atoms with E-state index >= 15 is 0 Å². The second kappa shape index (κ2) is 13.6. The molecule has 0 bridgehead atoms. The van der Waals surface area contributed by atoms with E-state index in [2.05, 4.69) is 57.3 Å². The molecule has 0 saturated carbocycles. The first-order valence-corrected chi connectivity index (χ1v) is 11.7. The molecule has 2 aliphatic heterocycles. The normalized spacial score (nSPS) is 21.5. The maximum absolute atomic E-state index is 5.78. The van der Waals surface area contributed by atoms with Gasteiger partial charge in [-0.05, 0) is 51.0 Å². The van der Waals surface area contributed by atoms with Crippen molar-refractivity contribution >= 4 is 29.9 Å². The summed E-state index contributed by atoms with van der Waals surface area (Å²) in [6, 6.07) is 4.85. The Labute approximate surface area is 206 Å². The van der Waals surface area contributed by atoms with Crippen molar-refractivity contribution in [1.29, 1.82) is 0 Å². The number of rotatable bonds is 8. The standard InChI is InChI=1S/C23H42N6O.HI/c1-19(2)20(29-14-12-27(4)13-15-29)17-25-23(24-3)26-18-21(22-9-8-16-30-22)28-10-6-5-7-11-28;/h8-9,16,19-21H,5-7,10-15,17-18H2,1-4H3,(H2,24,25,26);1H. The van der Waals surface area contributed by atoms with E-state index in [0.29, 0.717) is 12.0 Å². The van der Waals surface area contributed by atoms with E-state index in [1.807, 2.05) is 13.1 Å². The van der Waals surface area contributed by atoms with Crippen molar-refractivity contribution < 1.29 is 4.42 Å². The molecule has 2 saturated heterocycles. The van der Waals surface area contributed by atoms with Crippen molar-refractivity contribution in [1.82, 2.24) is 25.3 Å². The Balaban J connectivity index is 0.00000341. The highest BCUT2D eigenvalue weighted by molar-refractivity contribution is 14.0. The average Bonchev–Trinajstić information content (AvgIpc) is 3.29. The highest BCUT2D eigenvalue weighted by atomic mass is 127. The molecule has 7 nitrogen and oxygen atoms in total. The van der Waals surface area contributed by atoms with E-state index in [0.717, 1.165) is 64.1 Å². The highest BCUT2D eigenvalue weighted by Crippen LogP contribution is 2.24. The van der Waals surface area contributed by atoms with E-state index in [1.54, 1.807) is 6.26 Å². The summed E-state index contributed by atoms with van der Waals surface area (Å²) in [4.78, 5) is 12.1. The SMILES string of the molecule is CN=C(NCC(c1ccco1)N1CCCCC1)NCC(C(C)C)N1CCN(C)CC1.I. The van der Waals surface area contributed by atoms with Gasteiger partial charge in [0.15, 0.2) is 5.96 Å². The van der Waals surface area contributed by atoms with Crippen molar-refractivity contribution in [2.75, 3.05) is 66.5 Å². The predicted octanol–water partition coefficient (Wildman–Crippen LogP) is 2.86. The third-order valence-corrected chi connectivity index (χ3v) is 6.64. The van der Waals surface area contributed by atoms with Gasteiger partial charge in [-0.1, -0.05) is 20.3 Å². The van der Waals surface area contributed by atoms with Gasteiger partial charge in [0.25, 0.3) is 0 Å². The molecule has 0 spiro atoms. The molecule has 2 fully saturated rings. The van der Waals surface area contributed by atoms with Crippen molar-refractivity contribution in [3.63, 3.8) is 0 Å². The summed E-state index contributed by atoms with van der Waals surface area (Å²) in [7, 11) is 4.07. The Morgan fingerprint density at radius 1 is 1.00 bits per heavy atom. The van der Waals surface area contributed by atoms with Crippen LogP contribution in [0, 0.1) is 5.92 Å². The summed E-state index contributed by atoms with van der Waals surface area (Å²) in [6.07, 6.45) is 5.65. The van der Waals surface area contributed by atoms with Crippen molar-refractivity contribution in [3.05, 3.63) is 24.2 Å². The second-order valence-electron chi connectivity index (χ2n) is 9.11. The van der Waals surface area contributed by atoms with E-state index < -0.39 is 0 Å². The molecule has 0 aliphatic carbocycles. The van der Waals surface area contributed by atoms with Gasteiger partial charge in [0.05, 0.1) is 12.3 Å². The third-order valence-electron chi connectivity index (χ3n) is 6.64. The second-order valence-corrected chi connectivity index (χ2v) is 9.11. The molecular formula is C23H43IN6O. The minimum atomic E-state index is 0. The number of hydrogen-bond acceptors (Lipinski definition) is 5. The molecule has 0 radical (unpaired) electrons. The number of likely N-dealkylation sites (tertiary alicyclic amines) is 1. The number of piperazine rings is 1. The number of piperidine rings is 1. The lowest BCUT2D eigenvalue weighted by molar-refractivity contribution is 0.0899. The van der Waals surface area contributed by atoms with Gasteiger partial charge in [-0.15, -0.1) is 24.0 Å². The molecule has 2 N–H and O–H groups in total. The zero-order chi connectivity index (χ0) is 21.3. The molecule has 8 heteroatoms. The summed E-state index contributed by atoms with van der Waals surface area (Å²) < 4.78 is 5.78. The first-order chi connectivity index (χ1) is 14.6. The largest absolute Gasteiger partial charge is 0.468 e. The molecular weight excluding hydrogens is 503 g/mol. The van der Waals surface area contributed by atoms with E-state index in [9.17, 15) is 0 Å². The number of nitrogens with zero attached hydrogens (tertiary/aromatic N) is 4. The number of likely N-dealkylation sites (N-methyl/N-ethyl adjacent to an activating group) is 1. The Morgan fingerprint density at radius 2 is 1.68 bits per heavy atom. The van der Waals surface area contributed by atoms with Gasteiger partial charge in [0.2, 0.25) is 0 Å². The fraction of sp³-hybridized carbons (Fsp3) is 0.783. The van der Waals surface area contributed by atoms with Crippen LogP contribution in [0.2, 0.25) is 0 Å². The topological polar surface area (TPSA) is 59.3 Å². The van der Waals surface area contributed by atoms with E-state index in [1.165, 1.54) is 19.3 Å². The van der Waals surface area contributed by atoms with Gasteiger partial charge in [-0.3, -0.25) is 14.8 Å².